The SMILES string of the molecule is Oc1ccccc1C=NC[C@@H](c1ccccc1Cl)N1CCCC1. The van der Waals surface area contributed by atoms with Crippen LogP contribution in [0.3, 0.4) is 0 Å². The zero-order valence-electron chi connectivity index (χ0n) is 13.0. The van der Waals surface area contributed by atoms with E-state index < -0.39 is 0 Å². The highest BCUT2D eigenvalue weighted by Gasteiger charge is 2.24. The van der Waals surface area contributed by atoms with Crippen LogP contribution in [0.25, 0.3) is 0 Å². The number of benzene rings is 2. The van der Waals surface area contributed by atoms with Crippen LogP contribution < -0.4 is 0 Å². The van der Waals surface area contributed by atoms with Crippen molar-refractivity contribution in [2.24, 2.45) is 4.99 Å². The van der Waals surface area contributed by atoms with Gasteiger partial charge in [-0.25, -0.2) is 0 Å². The van der Waals surface area contributed by atoms with E-state index in [1.165, 1.54) is 12.8 Å². The Morgan fingerprint density at radius 1 is 1.09 bits per heavy atom. The molecule has 0 aromatic heterocycles. The van der Waals surface area contributed by atoms with Crippen LogP contribution in [0.4, 0.5) is 0 Å². The molecule has 0 saturated carbocycles. The Morgan fingerprint density at radius 2 is 1.78 bits per heavy atom. The molecule has 0 unspecified atom stereocenters. The van der Waals surface area contributed by atoms with Crippen molar-refractivity contribution in [1.82, 2.24) is 4.90 Å². The highest BCUT2D eigenvalue weighted by Crippen LogP contribution is 2.30. The van der Waals surface area contributed by atoms with Crippen LogP contribution in [0.5, 0.6) is 5.75 Å². The highest BCUT2D eigenvalue weighted by molar-refractivity contribution is 6.31. The van der Waals surface area contributed by atoms with Gasteiger partial charge in [0.2, 0.25) is 0 Å². The van der Waals surface area contributed by atoms with Crippen molar-refractivity contribution in [3.63, 3.8) is 0 Å². The smallest absolute Gasteiger partial charge is 0.124 e. The van der Waals surface area contributed by atoms with E-state index in [0.29, 0.717) is 6.54 Å². The molecule has 2 aromatic carbocycles. The Balaban J connectivity index is 1.79. The Kier molecular flexibility index (Phi) is 5.31. The number of hydrogen-bond donors (Lipinski definition) is 1. The van der Waals surface area contributed by atoms with E-state index >= 15 is 0 Å². The Morgan fingerprint density at radius 3 is 2.52 bits per heavy atom. The molecule has 23 heavy (non-hydrogen) atoms. The fourth-order valence-electron chi connectivity index (χ4n) is 3.06. The molecule has 3 rings (SSSR count). The lowest BCUT2D eigenvalue weighted by Crippen LogP contribution is -2.28. The first kappa shape index (κ1) is 16.0. The maximum absolute atomic E-state index is 9.83. The molecule has 4 heteroatoms. The molecule has 1 N–H and O–H groups in total. The molecule has 1 atom stereocenters. The largest absolute Gasteiger partial charge is 0.507 e. The van der Waals surface area contributed by atoms with E-state index in [2.05, 4.69) is 16.0 Å². The van der Waals surface area contributed by atoms with Gasteiger partial charge in [0.15, 0.2) is 0 Å². The minimum absolute atomic E-state index is 0.188. The van der Waals surface area contributed by atoms with E-state index in [4.69, 9.17) is 11.6 Å². The predicted molar refractivity (Wildman–Crippen MR) is 95.6 cm³/mol. The van der Waals surface area contributed by atoms with E-state index in [-0.39, 0.29) is 11.8 Å². The van der Waals surface area contributed by atoms with E-state index in [1.807, 2.05) is 36.4 Å². The number of phenolic OH excluding ortho intramolecular Hbond substituents is 1. The number of rotatable bonds is 5. The third-order valence-corrected chi connectivity index (χ3v) is 4.64. The zero-order chi connectivity index (χ0) is 16.1. The number of halogens is 1. The molecule has 3 nitrogen and oxygen atoms in total. The summed E-state index contributed by atoms with van der Waals surface area (Å²) in [7, 11) is 0. The molecule has 1 heterocycles. The van der Waals surface area contributed by atoms with Gasteiger partial charge in [0, 0.05) is 16.8 Å². The summed E-state index contributed by atoms with van der Waals surface area (Å²) in [5, 5.41) is 10.6. The topological polar surface area (TPSA) is 35.8 Å². The molecule has 0 bridgehead atoms. The third-order valence-electron chi connectivity index (χ3n) is 4.29. The van der Waals surface area contributed by atoms with E-state index in [1.54, 1.807) is 12.3 Å². The Hall–Kier alpha value is -1.84. The van der Waals surface area contributed by atoms with E-state index in [9.17, 15) is 5.11 Å². The van der Waals surface area contributed by atoms with Crippen molar-refractivity contribution in [3.8, 4) is 5.75 Å². The lowest BCUT2D eigenvalue weighted by Gasteiger charge is -2.27. The van der Waals surface area contributed by atoms with Crippen LogP contribution in [0.2, 0.25) is 5.02 Å². The van der Waals surface area contributed by atoms with Crippen LogP contribution in [-0.2, 0) is 0 Å². The number of likely N-dealkylation sites (tertiary alicyclic amines) is 1. The molecule has 0 amide bonds. The number of hydrogen-bond acceptors (Lipinski definition) is 3. The minimum atomic E-state index is 0.188. The Bertz CT molecular complexity index is 681. The lowest BCUT2D eigenvalue weighted by atomic mass is 10.1. The summed E-state index contributed by atoms with van der Waals surface area (Å²) in [6, 6.07) is 15.4. The first-order valence-electron chi connectivity index (χ1n) is 8.02. The van der Waals surface area contributed by atoms with Crippen LogP contribution in [-0.4, -0.2) is 35.9 Å². The first-order chi connectivity index (χ1) is 11.3. The second-order valence-corrected chi connectivity index (χ2v) is 6.24. The van der Waals surface area contributed by atoms with E-state index in [0.717, 1.165) is 29.2 Å². The van der Waals surface area contributed by atoms with Gasteiger partial charge in [-0.1, -0.05) is 41.9 Å². The molecular weight excluding hydrogens is 308 g/mol. The van der Waals surface area contributed by atoms with Crippen molar-refractivity contribution >= 4 is 17.8 Å². The second-order valence-electron chi connectivity index (χ2n) is 5.83. The van der Waals surface area contributed by atoms with Gasteiger partial charge in [-0.05, 0) is 49.7 Å². The molecule has 1 saturated heterocycles. The normalized spacial score (nSPS) is 16.9. The Labute approximate surface area is 142 Å². The zero-order valence-corrected chi connectivity index (χ0v) is 13.8. The van der Waals surface area contributed by atoms with Gasteiger partial charge in [0.05, 0.1) is 12.6 Å². The average Bonchev–Trinajstić information content (AvgIpc) is 3.08. The van der Waals surface area contributed by atoms with Crippen molar-refractivity contribution in [1.29, 1.82) is 0 Å². The predicted octanol–water partition coefficient (Wildman–Crippen LogP) is 4.30. The molecule has 0 radical (unpaired) electrons. The summed E-state index contributed by atoms with van der Waals surface area (Å²) >= 11 is 6.40. The average molecular weight is 329 g/mol. The molecule has 1 aliphatic heterocycles. The van der Waals surface area contributed by atoms with Gasteiger partial charge >= 0.3 is 0 Å². The molecule has 120 valence electrons. The van der Waals surface area contributed by atoms with Crippen LogP contribution in [0, 0.1) is 0 Å². The second kappa shape index (κ2) is 7.62. The summed E-state index contributed by atoms with van der Waals surface area (Å²) in [6.07, 6.45) is 4.20. The van der Waals surface area contributed by atoms with Gasteiger partial charge < -0.3 is 5.11 Å². The number of nitrogens with zero attached hydrogens (tertiary/aromatic N) is 2. The monoisotopic (exact) mass is 328 g/mol. The summed E-state index contributed by atoms with van der Waals surface area (Å²) in [4.78, 5) is 7.03. The van der Waals surface area contributed by atoms with Gasteiger partial charge in [0.25, 0.3) is 0 Å². The molecular formula is C19H21ClN2O. The van der Waals surface area contributed by atoms with Crippen molar-refractivity contribution in [2.45, 2.75) is 18.9 Å². The lowest BCUT2D eigenvalue weighted by molar-refractivity contribution is 0.252. The first-order valence-corrected chi connectivity index (χ1v) is 8.40. The van der Waals surface area contributed by atoms with Crippen LogP contribution >= 0.6 is 11.6 Å². The van der Waals surface area contributed by atoms with Crippen LogP contribution in [0.1, 0.15) is 30.0 Å². The van der Waals surface area contributed by atoms with Gasteiger partial charge in [0.1, 0.15) is 5.75 Å². The fourth-order valence-corrected chi connectivity index (χ4v) is 3.32. The summed E-state index contributed by atoms with van der Waals surface area (Å²) in [5.41, 5.74) is 1.87. The summed E-state index contributed by atoms with van der Waals surface area (Å²) in [5.74, 6) is 0.256. The maximum atomic E-state index is 9.83. The quantitative estimate of drug-likeness (QED) is 0.830. The number of aliphatic imine (C=N–C) groups is 1. The van der Waals surface area contributed by atoms with Gasteiger partial charge in [-0.15, -0.1) is 0 Å². The molecule has 1 fully saturated rings. The molecule has 1 aliphatic rings. The third kappa shape index (κ3) is 3.92. The number of aromatic hydroxyl groups is 1. The standard InChI is InChI=1S/C19H21ClN2O/c20-17-9-3-2-8-16(17)18(22-11-5-6-12-22)14-21-13-15-7-1-4-10-19(15)23/h1-4,7-10,13,18,23H,5-6,11-12,14H2/t18-/m0/s1. The fraction of sp³-hybridized carbons (Fsp3) is 0.316. The number of para-hydroxylation sites is 1. The molecule has 0 spiro atoms. The van der Waals surface area contributed by atoms with Crippen LogP contribution in [0.15, 0.2) is 53.5 Å². The van der Waals surface area contributed by atoms with Gasteiger partial charge in [-0.2, -0.15) is 0 Å². The van der Waals surface area contributed by atoms with Gasteiger partial charge in [-0.3, -0.25) is 9.89 Å². The van der Waals surface area contributed by atoms with Crippen molar-refractivity contribution in [2.75, 3.05) is 19.6 Å². The summed E-state index contributed by atoms with van der Waals surface area (Å²) < 4.78 is 0. The minimum Gasteiger partial charge on any atom is -0.507 e. The molecule has 2 aromatic rings. The maximum Gasteiger partial charge on any atom is 0.124 e. The van der Waals surface area contributed by atoms with Crippen molar-refractivity contribution < 1.29 is 5.11 Å². The molecule has 0 aliphatic carbocycles. The summed E-state index contributed by atoms with van der Waals surface area (Å²) in [6.45, 7) is 2.81. The van der Waals surface area contributed by atoms with Crippen molar-refractivity contribution in [3.05, 3.63) is 64.7 Å². The highest BCUT2D eigenvalue weighted by atomic mass is 35.5. The number of phenols is 1.